The Kier molecular flexibility index (Phi) is 3.55. The van der Waals surface area contributed by atoms with E-state index in [1.165, 1.54) is 0 Å². The molecular weight excluding hydrogens is 278 g/mol. The van der Waals surface area contributed by atoms with Crippen molar-refractivity contribution < 1.29 is 9.53 Å². The average molecular weight is 295 g/mol. The van der Waals surface area contributed by atoms with Gasteiger partial charge >= 0.3 is 0 Å². The minimum Gasteiger partial charge on any atom is -0.497 e. The normalized spacial score (nSPS) is 20.4. The Bertz CT molecular complexity index is 710. The maximum absolute atomic E-state index is 12.5. The lowest BCUT2D eigenvalue weighted by Crippen LogP contribution is -2.40. The summed E-state index contributed by atoms with van der Waals surface area (Å²) in [7, 11) is 1.60. The first kappa shape index (κ1) is 14.1. The van der Waals surface area contributed by atoms with Crippen LogP contribution in [0.1, 0.15) is 11.1 Å². The minimum absolute atomic E-state index is 0.150. The zero-order chi connectivity index (χ0) is 15.6. The molecule has 5 heteroatoms. The number of nitrogens with one attached hydrogen (secondary N) is 1. The first-order chi connectivity index (χ1) is 10.6. The van der Waals surface area contributed by atoms with E-state index >= 15 is 0 Å². The van der Waals surface area contributed by atoms with Gasteiger partial charge in [-0.1, -0.05) is 42.5 Å². The molecule has 0 bridgehead atoms. The largest absolute Gasteiger partial charge is 0.497 e. The highest BCUT2D eigenvalue weighted by Gasteiger charge is 2.44. The quantitative estimate of drug-likeness (QED) is 0.899. The Morgan fingerprint density at radius 3 is 2.36 bits per heavy atom. The summed E-state index contributed by atoms with van der Waals surface area (Å²) in [5.74, 6) is 0.671. The lowest BCUT2D eigenvalue weighted by molar-refractivity contribution is -0.124. The third kappa shape index (κ3) is 2.41. The van der Waals surface area contributed by atoms with Crippen molar-refractivity contribution in [1.29, 1.82) is 0 Å². The molecule has 3 rings (SSSR count). The lowest BCUT2D eigenvalue weighted by Gasteiger charge is -2.24. The Labute approximate surface area is 128 Å². The third-order valence-corrected chi connectivity index (χ3v) is 3.80. The second kappa shape index (κ2) is 5.52. The summed E-state index contributed by atoms with van der Waals surface area (Å²) in [6, 6.07) is 17.1. The van der Waals surface area contributed by atoms with E-state index in [1.807, 2.05) is 54.6 Å². The number of carbonyl (C=O) groups is 1. The molecule has 1 amide bonds. The van der Waals surface area contributed by atoms with Crippen molar-refractivity contribution in [2.75, 3.05) is 7.11 Å². The molecule has 2 aromatic carbocycles. The molecule has 2 aromatic rings. The zero-order valence-corrected chi connectivity index (χ0v) is 12.2. The van der Waals surface area contributed by atoms with E-state index < -0.39 is 5.54 Å². The number of methoxy groups -OCH3 is 1. The van der Waals surface area contributed by atoms with E-state index in [4.69, 9.17) is 10.5 Å². The van der Waals surface area contributed by atoms with Gasteiger partial charge in [-0.25, -0.2) is 4.99 Å². The summed E-state index contributed by atoms with van der Waals surface area (Å²) < 4.78 is 5.17. The molecule has 1 heterocycles. The predicted octanol–water partition coefficient (Wildman–Crippen LogP) is 1.58. The fourth-order valence-electron chi connectivity index (χ4n) is 2.68. The minimum atomic E-state index is -1.03. The molecule has 0 spiro atoms. The van der Waals surface area contributed by atoms with Gasteiger partial charge in [-0.3, -0.25) is 10.1 Å². The fraction of sp³-hybridized carbons (Fsp3) is 0.176. The smallest absolute Gasteiger partial charge is 0.259 e. The van der Waals surface area contributed by atoms with Gasteiger partial charge in [-0.15, -0.1) is 0 Å². The van der Waals surface area contributed by atoms with Gasteiger partial charge in [0.15, 0.2) is 11.5 Å². The third-order valence-electron chi connectivity index (χ3n) is 3.80. The van der Waals surface area contributed by atoms with E-state index in [-0.39, 0.29) is 11.9 Å². The maximum Gasteiger partial charge on any atom is 0.259 e. The second-order valence-corrected chi connectivity index (χ2v) is 5.20. The van der Waals surface area contributed by atoms with Crippen LogP contribution in [0.15, 0.2) is 59.6 Å². The highest BCUT2D eigenvalue weighted by atomic mass is 16.5. The van der Waals surface area contributed by atoms with Gasteiger partial charge < -0.3 is 10.5 Å². The standard InChI is InChI=1S/C17H17N3O2/c1-22-14-9-7-13(8-10-14)17(15(21)19-16(18)20-17)11-12-5-3-2-4-6-12/h2-10H,11H2,1H3,(H3,18,19,20,21)/t17-/m0/s1. The lowest BCUT2D eigenvalue weighted by atomic mass is 9.84. The summed E-state index contributed by atoms with van der Waals surface area (Å²) in [5, 5.41) is 2.61. The highest BCUT2D eigenvalue weighted by Crippen LogP contribution is 2.34. The van der Waals surface area contributed by atoms with Crippen LogP contribution in [-0.2, 0) is 16.8 Å². The van der Waals surface area contributed by atoms with Gasteiger partial charge in [0.2, 0.25) is 0 Å². The number of hydrogen-bond acceptors (Lipinski definition) is 4. The predicted molar refractivity (Wildman–Crippen MR) is 84.6 cm³/mol. The van der Waals surface area contributed by atoms with Crippen molar-refractivity contribution in [3.63, 3.8) is 0 Å². The van der Waals surface area contributed by atoms with Gasteiger partial charge in [0.25, 0.3) is 5.91 Å². The Balaban J connectivity index is 2.05. The van der Waals surface area contributed by atoms with Crippen LogP contribution in [0.2, 0.25) is 0 Å². The van der Waals surface area contributed by atoms with Crippen molar-refractivity contribution in [1.82, 2.24) is 5.32 Å². The number of nitrogens with zero attached hydrogens (tertiary/aromatic N) is 1. The molecule has 1 aliphatic rings. The van der Waals surface area contributed by atoms with Gasteiger partial charge in [0, 0.05) is 6.42 Å². The summed E-state index contributed by atoms with van der Waals surface area (Å²) in [6.07, 6.45) is 0.451. The number of carbonyl (C=O) groups excluding carboxylic acids is 1. The topological polar surface area (TPSA) is 76.7 Å². The van der Waals surface area contributed by atoms with Crippen molar-refractivity contribution in [3.8, 4) is 5.75 Å². The van der Waals surface area contributed by atoms with Crippen molar-refractivity contribution >= 4 is 11.9 Å². The molecule has 0 aliphatic carbocycles. The van der Waals surface area contributed by atoms with Gasteiger partial charge in [0.05, 0.1) is 7.11 Å². The zero-order valence-electron chi connectivity index (χ0n) is 12.2. The van der Waals surface area contributed by atoms with E-state index in [0.717, 1.165) is 16.9 Å². The summed E-state index contributed by atoms with van der Waals surface area (Å²) in [6.45, 7) is 0. The van der Waals surface area contributed by atoms with Crippen LogP contribution in [0.3, 0.4) is 0 Å². The average Bonchev–Trinajstić information content (AvgIpc) is 2.83. The van der Waals surface area contributed by atoms with Crippen LogP contribution < -0.4 is 15.8 Å². The number of benzene rings is 2. The molecule has 0 fully saturated rings. The van der Waals surface area contributed by atoms with Crippen LogP contribution >= 0.6 is 0 Å². The molecule has 3 N–H and O–H groups in total. The molecule has 0 saturated heterocycles. The number of guanidine groups is 1. The van der Waals surface area contributed by atoms with Crippen molar-refractivity contribution in [2.45, 2.75) is 12.0 Å². The molecule has 5 nitrogen and oxygen atoms in total. The van der Waals surface area contributed by atoms with Gasteiger partial charge in [-0.2, -0.15) is 0 Å². The van der Waals surface area contributed by atoms with Crippen LogP contribution in [0.4, 0.5) is 0 Å². The Hall–Kier alpha value is -2.82. The number of rotatable bonds is 4. The number of hydrogen-bond donors (Lipinski definition) is 2. The SMILES string of the molecule is COc1ccc([C@]2(Cc3ccccc3)N=C(N)NC2=O)cc1. The highest BCUT2D eigenvalue weighted by molar-refractivity contribution is 6.07. The van der Waals surface area contributed by atoms with Crippen LogP contribution in [0.5, 0.6) is 5.75 Å². The number of ether oxygens (including phenoxy) is 1. The van der Waals surface area contributed by atoms with Crippen LogP contribution in [0, 0.1) is 0 Å². The summed E-state index contributed by atoms with van der Waals surface area (Å²) >= 11 is 0. The summed E-state index contributed by atoms with van der Waals surface area (Å²) in [5.41, 5.74) is 6.52. The molecule has 112 valence electrons. The van der Waals surface area contributed by atoms with E-state index in [1.54, 1.807) is 7.11 Å². The first-order valence-electron chi connectivity index (χ1n) is 6.99. The van der Waals surface area contributed by atoms with Gasteiger partial charge in [0.1, 0.15) is 5.75 Å². The molecule has 1 atom stereocenters. The molecule has 22 heavy (non-hydrogen) atoms. The van der Waals surface area contributed by atoms with Gasteiger partial charge in [-0.05, 0) is 23.3 Å². The number of nitrogens with two attached hydrogens (primary N) is 1. The number of amides is 1. The van der Waals surface area contributed by atoms with Crippen LogP contribution in [-0.4, -0.2) is 19.0 Å². The molecule has 1 aliphatic heterocycles. The van der Waals surface area contributed by atoms with E-state index in [9.17, 15) is 4.79 Å². The van der Waals surface area contributed by atoms with Crippen molar-refractivity contribution in [2.24, 2.45) is 10.7 Å². The number of aliphatic imine (C=N–C) groups is 1. The fourth-order valence-corrected chi connectivity index (χ4v) is 2.68. The van der Waals surface area contributed by atoms with E-state index in [0.29, 0.717) is 6.42 Å². The van der Waals surface area contributed by atoms with E-state index in [2.05, 4.69) is 10.3 Å². The summed E-state index contributed by atoms with van der Waals surface area (Å²) in [4.78, 5) is 16.9. The monoisotopic (exact) mass is 295 g/mol. The second-order valence-electron chi connectivity index (χ2n) is 5.20. The first-order valence-corrected chi connectivity index (χ1v) is 6.99. The Morgan fingerprint density at radius 2 is 1.82 bits per heavy atom. The molecule has 0 unspecified atom stereocenters. The molecule has 0 saturated carbocycles. The maximum atomic E-state index is 12.5. The van der Waals surface area contributed by atoms with Crippen LogP contribution in [0.25, 0.3) is 0 Å². The molecule has 0 radical (unpaired) electrons. The van der Waals surface area contributed by atoms with Crippen molar-refractivity contribution in [3.05, 3.63) is 65.7 Å². The Morgan fingerprint density at radius 1 is 1.14 bits per heavy atom. The molecular formula is C17H17N3O2. The molecule has 0 aromatic heterocycles.